The number of alkyl halides is 1. The Morgan fingerprint density at radius 3 is 1.87 bits per heavy atom. The Bertz CT molecular complexity index is 1930. The quantitative estimate of drug-likeness (QED) is 0.254. The summed E-state index contributed by atoms with van der Waals surface area (Å²) in [4.78, 5) is 63.9. The number of rotatable bonds is 4. The summed E-state index contributed by atoms with van der Waals surface area (Å²) in [6.07, 6.45) is 1.69. The molecule has 0 aliphatic rings. The molecule has 0 spiro atoms. The lowest BCUT2D eigenvalue weighted by atomic mass is 10.0. The van der Waals surface area contributed by atoms with Gasteiger partial charge in [-0.05, 0) is 5.56 Å². The van der Waals surface area contributed by atoms with E-state index in [-0.39, 0.29) is 27.9 Å². The smallest absolute Gasteiger partial charge is 0.330 e. The first-order valence-corrected chi connectivity index (χ1v) is 13.0. The predicted octanol–water partition coefficient (Wildman–Crippen LogP) is 2.44. The highest BCUT2D eigenvalue weighted by atomic mass is 79.9. The molecule has 5 aromatic rings. The topological polar surface area (TPSA) is 121 Å². The Morgan fingerprint density at radius 1 is 0.744 bits per heavy atom. The largest absolute Gasteiger partial charge is 0.359 e. The Balaban J connectivity index is 0.000000181. The first-order valence-electron chi connectivity index (χ1n) is 11.9. The van der Waals surface area contributed by atoms with Crippen molar-refractivity contribution in [2.45, 2.75) is 5.33 Å². The molecule has 0 aliphatic heterocycles. The molecule has 2 aromatic carbocycles. The van der Waals surface area contributed by atoms with Gasteiger partial charge in [0.1, 0.15) is 5.56 Å². The molecule has 3 heterocycles. The first-order chi connectivity index (χ1) is 18.6. The maximum Gasteiger partial charge on any atom is 0.330 e. The number of nitrogens with one attached hydrogen (secondary N) is 1. The van der Waals surface area contributed by atoms with Crippen molar-refractivity contribution in [3.8, 4) is 11.3 Å². The minimum Gasteiger partial charge on any atom is -0.359 e. The third-order valence-electron chi connectivity index (χ3n) is 6.55. The van der Waals surface area contributed by atoms with E-state index in [1.54, 1.807) is 50.6 Å². The maximum atomic E-state index is 12.5. The molecular formula is C28H26BrN5O5. The van der Waals surface area contributed by atoms with Gasteiger partial charge in [-0.25, -0.2) is 9.59 Å². The van der Waals surface area contributed by atoms with Crippen LogP contribution in [0.15, 0.2) is 86.0 Å². The van der Waals surface area contributed by atoms with Gasteiger partial charge in [-0.15, -0.1) is 0 Å². The summed E-state index contributed by atoms with van der Waals surface area (Å²) in [7, 11) is 6.06. The van der Waals surface area contributed by atoms with Crippen LogP contribution in [0.3, 0.4) is 0 Å². The van der Waals surface area contributed by atoms with E-state index in [0.717, 1.165) is 20.4 Å². The summed E-state index contributed by atoms with van der Waals surface area (Å²) in [6.45, 7) is 0. The summed E-state index contributed by atoms with van der Waals surface area (Å²) < 4.78 is 4.86. The highest BCUT2D eigenvalue weighted by Crippen LogP contribution is 2.24. The molecule has 39 heavy (non-hydrogen) atoms. The highest BCUT2D eigenvalue weighted by molar-refractivity contribution is 9.08. The van der Waals surface area contributed by atoms with E-state index in [1.807, 2.05) is 30.3 Å². The van der Waals surface area contributed by atoms with Crippen LogP contribution in [0, 0.1) is 0 Å². The van der Waals surface area contributed by atoms with Crippen molar-refractivity contribution in [2.24, 2.45) is 28.2 Å². The lowest BCUT2D eigenvalue weighted by Gasteiger charge is -2.12. The number of benzene rings is 2. The van der Waals surface area contributed by atoms with Crippen molar-refractivity contribution in [1.29, 1.82) is 0 Å². The van der Waals surface area contributed by atoms with Crippen LogP contribution in [-0.2, 0) is 33.5 Å². The minimum atomic E-state index is -0.573. The zero-order valence-corrected chi connectivity index (χ0v) is 23.4. The number of H-pyrrole nitrogens is 1. The highest BCUT2D eigenvalue weighted by Gasteiger charge is 2.22. The number of hydrogen-bond acceptors (Lipinski definition) is 5. The molecule has 5 rings (SSSR count). The van der Waals surface area contributed by atoms with Crippen molar-refractivity contribution in [3.63, 3.8) is 0 Å². The van der Waals surface area contributed by atoms with Gasteiger partial charge in [0.05, 0.1) is 16.6 Å². The van der Waals surface area contributed by atoms with Crippen LogP contribution in [-0.4, -0.2) is 29.0 Å². The average molecular weight is 592 g/mol. The van der Waals surface area contributed by atoms with Crippen LogP contribution >= 0.6 is 15.9 Å². The lowest BCUT2D eigenvalue weighted by molar-refractivity contribution is 0.103. The molecule has 10 nitrogen and oxygen atoms in total. The van der Waals surface area contributed by atoms with Crippen LogP contribution in [0.1, 0.15) is 21.6 Å². The van der Waals surface area contributed by atoms with Gasteiger partial charge in [0.2, 0.25) is 0 Å². The fraction of sp³-hybridized carbons (Fsp3) is 0.179. The fourth-order valence-electron chi connectivity index (χ4n) is 4.31. The van der Waals surface area contributed by atoms with Gasteiger partial charge in [-0.2, -0.15) is 0 Å². The van der Waals surface area contributed by atoms with Crippen LogP contribution in [0.2, 0.25) is 0 Å². The van der Waals surface area contributed by atoms with Gasteiger partial charge >= 0.3 is 11.4 Å². The molecule has 0 saturated carbocycles. The molecule has 11 heteroatoms. The third-order valence-corrected chi connectivity index (χ3v) is 7.08. The molecule has 0 fully saturated rings. The Kier molecular flexibility index (Phi) is 7.82. The number of nitrogens with zero attached hydrogens (tertiary/aromatic N) is 4. The van der Waals surface area contributed by atoms with E-state index >= 15 is 0 Å². The standard InChI is InChI=1S/C14H13BrN2O3.C14H13N3O2/c1-16-10(8-15)11(13(19)17(2)14(16)20)12(18)9-6-4-3-5-7-9;1-16-10-8-15-12(9-6-4-3-5-7-9)11(10)13(18)17(2)14(16)19/h3-7H,8H2,1-2H3;3-8,15H,1-2H3. The minimum absolute atomic E-state index is 0.0256. The fourth-order valence-corrected chi connectivity index (χ4v) is 4.97. The van der Waals surface area contributed by atoms with Crippen LogP contribution in [0.5, 0.6) is 0 Å². The van der Waals surface area contributed by atoms with E-state index in [9.17, 15) is 24.0 Å². The molecule has 0 unspecified atom stereocenters. The normalized spacial score (nSPS) is 10.8. The van der Waals surface area contributed by atoms with E-state index in [1.165, 1.54) is 23.2 Å². The van der Waals surface area contributed by atoms with Gasteiger partial charge in [0, 0.05) is 51.0 Å². The molecule has 0 bridgehead atoms. The second-order valence-electron chi connectivity index (χ2n) is 8.85. The van der Waals surface area contributed by atoms with Crippen LogP contribution < -0.4 is 22.5 Å². The summed E-state index contributed by atoms with van der Waals surface area (Å²) in [6, 6.07) is 18.1. The number of carbonyl (C=O) groups excluding carboxylic acids is 1. The molecule has 0 saturated heterocycles. The Hall–Kier alpha value is -4.51. The van der Waals surface area contributed by atoms with Crippen LogP contribution in [0.25, 0.3) is 22.2 Å². The zero-order chi connectivity index (χ0) is 28.4. The number of aryl methyl sites for hydroxylation is 1. The number of aromatic amines is 1. The number of hydrogen-bond donors (Lipinski definition) is 1. The molecular weight excluding hydrogens is 566 g/mol. The summed E-state index contributed by atoms with van der Waals surface area (Å²) in [5.41, 5.74) is 1.49. The zero-order valence-electron chi connectivity index (χ0n) is 21.8. The van der Waals surface area contributed by atoms with Gasteiger partial charge in [-0.3, -0.25) is 32.7 Å². The molecule has 0 aliphatic carbocycles. The van der Waals surface area contributed by atoms with Gasteiger partial charge in [-0.1, -0.05) is 76.6 Å². The van der Waals surface area contributed by atoms with E-state index < -0.39 is 11.2 Å². The molecule has 0 amide bonds. The number of halogens is 1. The molecule has 0 atom stereocenters. The lowest BCUT2D eigenvalue weighted by Crippen LogP contribution is -2.42. The second kappa shape index (κ2) is 11.1. The summed E-state index contributed by atoms with van der Waals surface area (Å²) in [5, 5.41) is 0.790. The molecule has 200 valence electrons. The second-order valence-corrected chi connectivity index (χ2v) is 9.41. The Labute approximate surface area is 230 Å². The third kappa shape index (κ3) is 4.88. The SMILES string of the molecule is Cn1c(=O)c2c(-c3ccccc3)[nH]cc2n(C)c1=O.Cn1c(CBr)c(C(=O)c2ccccc2)c(=O)n(C)c1=O. The first kappa shape index (κ1) is 27.5. The van der Waals surface area contributed by atoms with Gasteiger partial charge < -0.3 is 4.98 Å². The van der Waals surface area contributed by atoms with Crippen LogP contribution in [0.4, 0.5) is 0 Å². The molecule has 0 radical (unpaired) electrons. The van der Waals surface area contributed by atoms with E-state index in [0.29, 0.717) is 22.2 Å². The average Bonchev–Trinajstić information content (AvgIpc) is 3.42. The summed E-state index contributed by atoms with van der Waals surface area (Å²) >= 11 is 3.23. The van der Waals surface area contributed by atoms with Crippen molar-refractivity contribution < 1.29 is 4.79 Å². The van der Waals surface area contributed by atoms with Crippen molar-refractivity contribution in [3.05, 3.63) is 125 Å². The maximum absolute atomic E-state index is 12.5. The monoisotopic (exact) mass is 591 g/mol. The van der Waals surface area contributed by atoms with Gasteiger partial charge in [0.25, 0.3) is 11.1 Å². The number of aromatic nitrogens is 5. The van der Waals surface area contributed by atoms with E-state index in [4.69, 9.17) is 0 Å². The van der Waals surface area contributed by atoms with Crippen molar-refractivity contribution >= 4 is 32.6 Å². The summed E-state index contributed by atoms with van der Waals surface area (Å²) in [5.74, 6) is -0.378. The number of ketones is 1. The number of fused-ring (bicyclic) bond motifs is 1. The predicted molar refractivity (Wildman–Crippen MR) is 154 cm³/mol. The Morgan fingerprint density at radius 2 is 1.28 bits per heavy atom. The van der Waals surface area contributed by atoms with E-state index in [2.05, 4.69) is 20.9 Å². The van der Waals surface area contributed by atoms with Gasteiger partial charge in [0.15, 0.2) is 5.78 Å². The molecule has 1 N–H and O–H groups in total. The van der Waals surface area contributed by atoms with Crippen molar-refractivity contribution in [2.75, 3.05) is 0 Å². The molecule has 3 aromatic heterocycles. The van der Waals surface area contributed by atoms with Crippen molar-refractivity contribution in [1.82, 2.24) is 23.3 Å². The number of carbonyl (C=O) groups is 1.